The molecule has 3 aromatic rings. The Morgan fingerprint density at radius 3 is 2.86 bits per heavy atom. The van der Waals surface area contributed by atoms with Gasteiger partial charge in [0.2, 0.25) is 0 Å². The van der Waals surface area contributed by atoms with E-state index in [1.165, 1.54) is 5.56 Å². The van der Waals surface area contributed by atoms with Crippen LogP contribution in [0, 0.1) is 6.92 Å². The molecule has 0 aliphatic rings. The van der Waals surface area contributed by atoms with Crippen LogP contribution in [0.2, 0.25) is 5.02 Å². The Balaban J connectivity index is 1.86. The fourth-order valence-electron chi connectivity index (χ4n) is 2.19. The maximum absolute atomic E-state index is 6.29. The van der Waals surface area contributed by atoms with Crippen molar-refractivity contribution in [2.75, 3.05) is 7.05 Å². The number of aryl methyl sites for hydroxylation is 1. The third kappa shape index (κ3) is 3.23. The summed E-state index contributed by atoms with van der Waals surface area (Å²) in [7, 11) is 1.91. The second-order valence-corrected chi connectivity index (χ2v) is 6.42. The number of rotatable bonds is 4. The van der Waals surface area contributed by atoms with Crippen LogP contribution in [0.3, 0.4) is 0 Å². The van der Waals surface area contributed by atoms with Gasteiger partial charge in [0.15, 0.2) is 5.16 Å². The molecule has 0 amide bonds. The number of imidazole rings is 1. The van der Waals surface area contributed by atoms with Gasteiger partial charge in [0.1, 0.15) is 0 Å². The molecule has 0 saturated heterocycles. The first-order chi connectivity index (χ1) is 10.2. The minimum absolute atomic E-state index is 0.772. The third-order valence-electron chi connectivity index (χ3n) is 3.22. The lowest BCUT2D eigenvalue weighted by Crippen LogP contribution is -2.05. The molecule has 1 aromatic heterocycles. The van der Waals surface area contributed by atoms with Crippen LogP contribution in [0.5, 0.6) is 0 Å². The predicted molar refractivity (Wildman–Crippen MR) is 89.2 cm³/mol. The van der Waals surface area contributed by atoms with Crippen molar-refractivity contribution in [3.63, 3.8) is 0 Å². The van der Waals surface area contributed by atoms with E-state index >= 15 is 0 Å². The maximum Gasteiger partial charge on any atom is 0.171 e. The Bertz CT molecular complexity index is 782. The molecule has 0 atom stereocenters. The third-order valence-corrected chi connectivity index (χ3v) is 4.45. The van der Waals surface area contributed by atoms with Gasteiger partial charge < -0.3 is 10.3 Å². The largest absolute Gasteiger partial charge is 0.333 e. The van der Waals surface area contributed by atoms with Gasteiger partial charge >= 0.3 is 0 Å². The van der Waals surface area contributed by atoms with Crippen LogP contribution in [0.1, 0.15) is 11.1 Å². The minimum atomic E-state index is 0.772. The summed E-state index contributed by atoms with van der Waals surface area (Å²) in [4.78, 5) is 9.01. The van der Waals surface area contributed by atoms with Crippen LogP contribution in [0.25, 0.3) is 11.0 Å². The van der Waals surface area contributed by atoms with Crippen molar-refractivity contribution in [3.8, 4) is 0 Å². The molecular formula is C16H16ClN3S. The normalized spacial score (nSPS) is 11.2. The van der Waals surface area contributed by atoms with Gasteiger partial charge in [-0.3, -0.25) is 0 Å². The second-order valence-electron chi connectivity index (χ2n) is 4.95. The molecule has 5 heteroatoms. The number of nitrogens with zero attached hydrogens (tertiary/aromatic N) is 1. The molecule has 1 heterocycles. The summed E-state index contributed by atoms with van der Waals surface area (Å²) in [6.07, 6.45) is 0. The van der Waals surface area contributed by atoms with Crippen molar-refractivity contribution in [1.82, 2.24) is 15.3 Å². The Hall–Kier alpha value is -1.49. The summed E-state index contributed by atoms with van der Waals surface area (Å²) in [5, 5.41) is 4.77. The molecule has 108 valence electrons. The number of benzene rings is 2. The first-order valence-electron chi connectivity index (χ1n) is 6.73. The zero-order chi connectivity index (χ0) is 14.8. The highest BCUT2D eigenvalue weighted by molar-refractivity contribution is 7.99. The summed E-state index contributed by atoms with van der Waals surface area (Å²) in [5.41, 5.74) is 4.38. The van der Waals surface area contributed by atoms with Gasteiger partial charge in [-0.2, -0.15) is 0 Å². The molecular weight excluding hydrogens is 302 g/mol. The van der Waals surface area contributed by atoms with Crippen LogP contribution in [0.4, 0.5) is 0 Å². The summed E-state index contributed by atoms with van der Waals surface area (Å²) in [6.45, 7) is 2.85. The van der Waals surface area contributed by atoms with Crippen LogP contribution in [-0.2, 0) is 6.54 Å². The van der Waals surface area contributed by atoms with Gasteiger partial charge in [-0.25, -0.2) is 4.98 Å². The number of aromatic amines is 1. The van der Waals surface area contributed by atoms with Crippen molar-refractivity contribution in [2.24, 2.45) is 0 Å². The van der Waals surface area contributed by atoms with E-state index in [0.717, 1.165) is 38.2 Å². The minimum Gasteiger partial charge on any atom is -0.333 e. The fourth-order valence-corrected chi connectivity index (χ4v) is 3.34. The van der Waals surface area contributed by atoms with Gasteiger partial charge in [-0.1, -0.05) is 35.5 Å². The van der Waals surface area contributed by atoms with Crippen molar-refractivity contribution in [3.05, 3.63) is 52.5 Å². The molecule has 0 aliphatic carbocycles. The number of hydrogen-bond acceptors (Lipinski definition) is 3. The first-order valence-corrected chi connectivity index (χ1v) is 7.92. The van der Waals surface area contributed by atoms with E-state index in [1.807, 2.05) is 25.2 Å². The lowest BCUT2D eigenvalue weighted by Gasteiger charge is -2.05. The summed E-state index contributed by atoms with van der Waals surface area (Å²) < 4.78 is 0. The van der Waals surface area contributed by atoms with Crippen LogP contribution in [0.15, 0.2) is 46.5 Å². The SMILES string of the molecule is CNCc1ccc(Sc2nc3ccc(C)cc3[nH]2)cc1Cl. The summed E-state index contributed by atoms with van der Waals surface area (Å²) in [5.74, 6) is 0. The maximum atomic E-state index is 6.29. The standard InChI is InChI=1S/C16H16ClN3S/c1-10-3-6-14-15(7-10)20-16(19-14)21-12-5-4-11(9-18-2)13(17)8-12/h3-8,18H,9H2,1-2H3,(H,19,20). The topological polar surface area (TPSA) is 40.7 Å². The highest BCUT2D eigenvalue weighted by Crippen LogP contribution is 2.30. The molecule has 0 aliphatic heterocycles. The zero-order valence-electron chi connectivity index (χ0n) is 11.9. The van der Waals surface area contributed by atoms with Crippen LogP contribution < -0.4 is 5.32 Å². The summed E-state index contributed by atoms with van der Waals surface area (Å²) in [6, 6.07) is 12.3. The van der Waals surface area contributed by atoms with Gasteiger partial charge in [0.25, 0.3) is 0 Å². The molecule has 0 saturated carbocycles. The molecule has 2 N–H and O–H groups in total. The van der Waals surface area contributed by atoms with Gasteiger partial charge in [0, 0.05) is 16.5 Å². The molecule has 0 fully saturated rings. The monoisotopic (exact) mass is 317 g/mol. The second kappa shape index (κ2) is 6.10. The lowest BCUT2D eigenvalue weighted by atomic mass is 10.2. The van der Waals surface area contributed by atoms with E-state index in [-0.39, 0.29) is 0 Å². The Morgan fingerprint density at radius 2 is 2.10 bits per heavy atom. The number of aromatic nitrogens is 2. The Kier molecular flexibility index (Phi) is 4.19. The van der Waals surface area contributed by atoms with Crippen LogP contribution in [-0.4, -0.2) is 17.0 Å². The first kappa shape index (κ1) is 14.4. The van der Waals surface area contributed by atoms with Gasteiger partial charge in [-0.05, 0) is 49.4 Å². The van der Waals surface area contributed by atoms with Gasteiger partial charge in [0.05, 0.1) is 11.0 Å². The number of fused-ring (bicyclic) bond motifs is 1. The highest BCUT2D eigenvalue weighted by Gasteiger charge is 2.07. The van der Waals surface area contributed by atoms with E-state index < -0.39 is 0 Å². The molecule has 0 unspecified atom stereocenters. The van der Waals surface area contributed by atoms with E-state index in [4.69, 9.17) is 11.6 Å². The average Bonchev–Trinajstić information content (AvgIpc) is 2.83. The number of H-pyrrole nitrogens is 1. The molecule has 0 radical (unpaired) electrons. The molecule has 0 bridgehead atoms. The lowest BCUT2D eigenvalue weighted by molar-refractivity contribution is 0.817. The quantitative estimate of drug-likeness (QED) is 0.749. The fraction of sp³-hybridized carbons (Fsp3) is 0.188. The zero-order valence-corrected chi connectivity index (χ0v) is 13.5. The molecule has 3 rings (SSSR count). The molecule has 3 nitrogen and oxygen atoms in total. The van der Waals surface area contributed by atoms with Gasteiger partial charge in [-0.15, -0.1) is 0 Å². The van der Waals surface area contributed by atoms with Crippen LogP contribution >= 0.6 is 23.4 Å². The van der Waals surface area contributed by atoms with Crippen molar-refractivity contribution in [2.45, 2.75) is 23.5 Å². The Morgan fingerprint density at radius 1 is 1.24 bits per heavy atom. The molecule has 2 aromatic carbocycles. The van der Waals surface area contributed by atoms with E-state index in [9.17, 15) is 0 Å². The smallest absolute Gasteiger partial charge is 0.171 e. The number of nitrogens with one attached hydrogen (secondary N) is 2. The molecule has 21 heavy (non-hydrogen) atoms. The Labute approximate surface area is 133 Å². The predicted octanol–water partition coefficient (Wildman–Crippen LogP) is 4.40. The highest BCUT2D eigenvalue weighted by atomic mass is 35.5. The van der Waals surface area contributed by atoms with Crippen molar-refractivity contribution < 1.29 is 0 Å². The van der Waals surface area contributed by atoms with E-state index in [1.54, 1.807) is 11.8 Å². The average molecular weight is 318 g/mol. The number of halogens is 1. The van der Waals surface area contributed by atoms with Crippen molar-refractivity contribution >= 4 is 34.4 Å². The summed E-state index contributed by atoms with van der Waals surface area (Å²) >= 11 is 7.88. The van der Waals surface area contributed by atoms with Crippen molar-refractivity contribution in [1.29, 1.82) is 0 Å². The van der Waals surface area contributed by atoms with E-state index in [2.05, 4.69) is 40.4 Å². The number of hydrogen-bond donors (Lipinski definition) is 2. The van der Waals surface area contributed by atoms with E-state index in [0.29, 0.717) is 0 Å². The molecule has 0 spiro atoms.